The third-order valence-electron chi connectivity index (χ3n) is 3.85. The van der Waals surface area contributed by atoms with Gasteiger partial charge in [-0.1, -0.05) is 18.2 Å². The Labute approximate surface area is 135 Å². The molecule has 1 aliphatic rings. The maximum absolute atomic E-state index is 10.5. The third-order valence-corrected chi connectivity index (χ3v) is 3.85. The summed E-state index contributed by atoms with van der Waals surface area (Å²) in [7, 11) is 2.02. The smallest absolute Gasteiger partial charge is 0.341 e. The SMILES string of the molecule is CN(Cc1ccc2c(c1)COC2)c1ccc(OCC(=O)O)cc1. The van der Waals surface area contributed by atoms with Crippen molar-refractivity contribution in [3.63, 3.8) is 0 Å². The number of hydrogen-bond donors (Lipinski definition) is 1. The molecule has 0 spiro atoms. The summed E-state index contributed by atoms with van der Waals surface area (Å²) in [4.78, 5) is 12.6. The van der Waals surface area contributed by atoms with Gasteiger partial charge in [-0.3, -0.25) is 0 Å². The first-order valence-corrected chi connectivity index (χ1v) is 7.46. The molecule has 0 unspecified atom stereocenters. The zero-order chi connectivity index (χ0) is 16.2. The number of carboxylic acid groups (broad SMARTS) is 1. The zero-order valence-corrected chi connectivity index (χ0v) is 13.0. The summed E-state index contributed by atoms with van der Waals surface area (Å²) in [6.07, 6.45) is 0. The van der Waals surface area contributed by atoms with Crippen LogP contribution in [0.3, 0.4) is 0 Å². The van der Waals surface area contributed by atoms with E-state index in [1.807, 2.05) is 19.2 Å². The summed E-state index contributed by atoms with van der Waals surface area (Å²) >= 11 is 0. The number of hydrogen-bond acceptors (Lipinski definition) is 4. The summed E-state index contributed by atoms with van der Waals surface area (Å²) in [6, 6.07) is 13.9. The standard InChI is InChI=1S/C18H19NO4/c1-19(9-13-2-3-14-10-22-11-15(14)8-13)16-4-6-17(7-5-16)23-12-18(20)21/h2-8H,9-12H2,1H3,(H,20,21). The Morgan fingerprint density at radius 1 is 1.17 bits per heavy atom. The van der Waals surface area contributed by atoms with Gasteiger partial charge in [0.2, 0.25) is 0 Å². The molecule has 0 aliphatic carbocycles. The minimum absolute atomic E-state index is 0.327. The Morgan fingerprint density at radius 2 is 1.91 bits per heavy atom. The van der Waals surface area contributed by atoms with Crippen molar-refractivity contribution < 1.29 is 19.4 Å². The Bertz CT molecular complexity index is 697. The lowest BCUT2D eigenvalue weighted by atomic mass is 10.1. The average molecular weight is 313 g/mol. The summed E-state index contributed by atoms with van der Waals surface area (Å²) in [5.74, 6) is -0.425. The van der Waals surface area contributed by atoms with Crippen LogP contribution >= 0.6 is 0 Å². The van der Waals surface area contributed by atoms with E-state index in [0.29, 0.717) is 19.0 Å². The summed E-state index contributed by atoms with van der Waals surface area (Å²) in [6.45, 7) is 1.88. The van der Waals surface area contributed by atoms with Crippen LogP contribution in [0.4, 0.5) is 5.69 Å². The second kappa shape index (κ2) is 6.71. The third kappa shape index (κ3) is 3.81. The van der Waals surface area contributed by atoms with E-state index in [9.17, 15) is 4.79 Å². The molecule has 23 heavy (non-hydrogen) atoms. The molecule has 0 bridgehead atoms. The Balaban J connectivity index is 1.63. The molecule has 5 heteroatoms. The molecule has 0 saturated carbocycles. The number of aliphatic carboxylic acids is 1. The van der Waals surface area contributed by atoms with Crippen LogP contribution in [0.1, 0.15) is 16.7 Å². The topological polar surface area (TPSA) is 59.0 Å². The van der Waals surface area contributed by atoms with Crippen LogP contribution in [0.25, 0.3) is 0 Å². The summed E-state index contributed by atoms with van der Waals surface area (Å²) in [5, 5.41) is 8.61. The van der Waals surface area contributed by atoms with Crippen molar-refractivity contribution in [3.8, 4) is 5.75 Å². The lowest BCUT2D eigenvalue weighted by Gasteiger charge is -2.20. The van der Waals surface area contributed by atoms with E-state index >= 15 is 0 Å². The molecule has 0 saturated heterocycles. The van der Waals surface area contributed by atoms with E-state index in [0.717, 1.165) is 12.2 Å². The van der Waals surface area contributed by atoms with E-state index in [1.54, 1.807) is 12.1 Å². The van der Waals surface area contributed by atoms with Crippen LogP contribution < -0.4 is 9.64 Å². The zero-order valence-electron chi connectivity index (χ0n) is 13.0. The van der Waals surface area contributed by atoms with Crippen molar-refractivity contribution in [1.29, 1.82) is 0 Å². The minimum Gasteiger partial charge on any atom is -0.482 e. The molecule has 1 aliphatic heterocycles. The molecule has 120 valence electrons. The van der Waals surface area contributed by atoms with E-state index in [-0.39, 0.29) is 6.61 Å². The van der Waals surface area contributed by atoms with Crippen LogP contribution in [-0.2, 0) is 29.3 Å². The number of carboxylic acids is 1. The van der Waals surface area contributed by atoms with Gasteiger partial charge in [-0.2, -0.15) is 0 Å². The maximum atomic E-state index is 10.5. The van der Waals surface area contributed by atoms with E-state index in [1.165, 1.54) is 16.7 Å². The largest absolute Gasteiger partial charge is 0.482 e. The Kier molecular flexibility index (Phi) is 4.48. The highest BCUT2D eigenvalue weighted by Gasteiger charge is 2.12. The number of rotatable bonds is 6. The van der Waals surface area contributed by atoms with Gasteiger partial charge in [0.05, 0.1) is 13.2 Å². The molecule has 2 aromatic carbocycles. The number of fused-ring (bicyclic) bond motifs is 1. The van der Waals surface area contributed by atoms with Gasteiger partial charge in [0.15, 0.2) is 6.61 Å². The van der Waals surface area contributed by atoms with Gasteiger partial charge in [0, 0.05) is 19.3 Å². The quantitative estimate of drug-likeness (QED) is 0.888. The highest BCUT2D eigenvalue weighted by molar-refractivity contribution is 5.68. The molecule has 0 atom stereocenters. The lowest BCUT2D eigenvalue weighted by molar-refractivity contribution is -0.139. The van der Waals surface area contributed by atoms with Crippen molar-refractivity contribution in [1.82, 2.24) is 0 Å². The molecular formula is C18H19NO4. The Hall–Kier alpha value is -2.53. The lowest BCUT2D eigenvalue weighted by Crippen LogP contribution is -2.16. The molecule has 1 heterocycles. The number of carbonyl (C=O) groups is 1. The number of benzene rings is 2. The molecule has 0 radical (unpaired) electrons. The molecule has 0 aromatic heterocycles. The number of ether oxygens (including phenoxy) is 2. The molecule has 1 N–H and O–H groups in total. The fraction of sp³-hybridized carbons (Fsp3) is 0.278. The van der Waals surface area contributed by atoms with Gasteiger partial charge >= 0.3 is 5.97 Å². The second-order valence-electron chi connectivity index (χ2n) is 5.63. The van der Waals surface area contributed by atoms with Gasteiger partial charge in [-0.25, -0.2) is 4.79 Å². The average Bonchev–Trinajstić information content (AvgIpc) is 3.01. The summed E-state index contributed by atoms with van der Waals surface area (Å²) < 4.78 is 10.6. The van der Waals surface area contributed by atoms with Crippen LogP contribution in [0.2, 0.25) is 0 Å². The van der Waals surface area contributed by atoms with Crippen molar-refractivity contribution in [2.24, 2.45) is 0 Å². The normalized spacial score (nSPS) is 12.7. The van der Waals surface area contributed by atoms with Crippen molar-refractivity contribution in [3.05, 3.63) is 59.2 Å². The van der Waals surface area contributed by atoms with Gasteiger partial charge in [0.1, 0.15) is 5.75 Å². The highest BCUT2D eigenvalue weighted by atomic mass is 16.5. The van der Waals surface area contributed by atoms with E-state index < -0.39 is 5.97 Å². The van der Waals surface area contributed by atoms with Crippen LogP contribution in [-0.4, -0.2) is 24.7 Å². The van der Waals surface area contributed by atoms with Crippen molar-refractivity contribution >= 4 is 11.7 Å². The number of nitrogens with zero attached hydrogens (tertiary/aromatic N) is 1. The molecule has 0 amide bonds. The highest BCUT2D eigenvalue weighted by Crippen LogP contribution is 2.23. The predicted octanol–water partition coefficient (Wildman–Crippen LogP) is 2.82. The monoisotopic (exact) mass is 313 g/mol. The van der Waals surface area contributed by atoms with Gasteiger partial charge in [0.25, 0.3) is 0 Å². The molecular weight excluding hydrogens is 294 g/mol. The molecule has 2 aromatic rings. The van der Waals surface area contributed by atoms with Gasteiger partial charge < -0.3 is 19.5 Å². The Morgan fingerprint density at radius 3 is 2.65 bits per heavy atom. The first-order chi connectivity index (χ1) is 11.1. The molecule has 3 rings (SSSR count). The van der Waals surface area contributed by atoms with Crippen LogP contribution in [0.15, 0.2) is 42.5 Å². The minimum atomic E-state index is -0.980. The second-order valence-corrected chi connectivity index (χ2v) is 5.63. The molecule has 0 fully saturated rings. The summed E-state index contributed by atoms with van der Waals surface area (Å²) in [5.41, 5.74) is 4.83. The van der Waals surface area contributed by atoms with Crippen molar-refractivity contribution in [2.75, 3.05) is 18.6 Å². The first kappa shape index (κ1) is 15.4. The van der Waals surface area contributed by atoms with E-state index in [2.05, 4.69) is 23.1 Å². The first-order valence-electron chi connectivity index (χ1n) is 7.46. The van der Waals surface area contributed by atoms with Crippen molar-refractivity contribution in [2.45, 2.75) is 19.8 Å². The van der Waals surface area contributed by atoms with Crippen LogP contribution in [0.5, 0.6) is 5.75 Å². The van der Waals surface area contributed by atoms with Gasteiger partial charge in [-0.15, -0.1) is 0 Å². The predicted molar refractivity (Wildman–Crippen MR) is 86.6 cm³/mol. The fourth-order valence-corrected chi connectivity index (χ4v) is 2.63. The van der Waals surface area contributed by atoms with Gasteiger partial charge in [-0.05, 0) is 41.0 Å². The van der Waals surface area contributed by atoms with E-state index in [4.69, 9.17) is 14.6 Å². The molecule has 5 nitrogen and oxygen atoms in total. The maximum Gasteiger partial charge on any atom is 0.341 e. The number of anilines is 1. The fourth-order valence-electron chi connectivity index (χ4n) is 2.63. The van der Waals surface area contributed by atoms with Crippen LogP contribution in [0, 0.1) is 0 Å².